The summed E-state index contributed by atoms with van der Waals surface area (Å²) in [5, 5.41) is 2.85. The van der Waals surface area contributed by atoms with Crippen LogP contribution in [0.5, 0.6) is 0 Å². The van der Waals surface area contributed by atoms with Crippen LogP contribution in [0.2, 0.25) is 0 Å². The average molecular weight is 368 g/mol. The first-order valence-corrected chi connectivity index (χ1v) is 9.00. The second-order valence-electron chi connectivity index (χ2n) is 6.13. The van der Waals surface area contributed by atoms with Crippen molar-refractivity contribution >= 4 is 17.4 Å². The van der Waals surface area contributed by atoms with Crippen LogP contribution in [-0.2, 0) is 10.2 Å². The number of benzene rings is 1. The van der Waals surface area contributed by atoms with Gasteiger partial charge in [0.2, 0.25) is 5.95 Å². The molecule has 1 aromatic heterocycles. The molecule has 0 atom stereocenters. The fourth-order valence-electron chi connectivity index (χ4n) is 2.60. The predicted molar refractivity (Wildman–Crippen MR) is 107 cm³/mol. The highest BCUT2D eigenvalue weighted by molar-refractivity contribution is 6.04. The van der Waals surface area contributed by atoms with E-state index in [-0.39, 0.29) is 11.7 Å². The number of aromatic nitrogens is 1. The number of aryl methyl sites for hydroxylation is 1. The maximum atomic E-state index is 13.0. The van der Waals surface area contributed by atoms with Gasteiger partial charge in [-0.3, -0.25) is 4.79 Å². The summed E-state index contributed by atoms with van der Waals surface area (Å²) >= 11 is 0. The number of nitrogens with two attached hydrogens (primary N) is 1. The van der Waals surface area contributed by atoms with Crippen LogP contribution in [0.25, 0.3) is 0 Å². The van der Waals surface area contributed by atoms with Crippen LogP contribution in [0.3, 0.4) is 0 Å². The van der Waals surface area contributed by atoms with Gasteiger partial charge in [-0.2, -0.15) is 9.38 Å². The van der Waals surface area contributed by atoms with Gasteiger partial charge in [-0.15, -0.1) is 0 Å². The van der Waals surface area contributed by atoms with E-state index in [0.29, 0.717) is 5.69 Å². The molecular weight excluding hydrogens is 343 g/mol. The SMILES string of the molecule is CC.Cc1ccc(C2(C(=O)N=C(N)/C=C\Nc3ccnc(F)c3)CC2)cc1. The lowest BCUT2D eigenvalue weighted by molar-refractivity contribution is -0.120. The van der Waals surface area contributed by atoms with E-state index < -0.39 is 11.4 Å². The molecule has 27 heavy (non-hydrogen) atoms. The minimum Gasteiger partial charge on any atom is -0.384 e. The molecule has 1 aliphatic rings. The molecule has 0 saturated heterocycles. The van der Waals surface area contributed by atoms with Gasteiger partial charge in [0.1, 0.15) is 5.84 Å². The topological polar surface area (TPSA) is 80.4 Å². The summed E-state index contributed by atoms with van der Waals surface area (Å²) in [6.07, 6.45) is 5.90. The van der Waals surface area contributed by atoms with Crippen molar-refractivity contribution in [1.82, 2.24) is 4.98 Å². The number of aliphatic imine (C=N–C) groups is 1. The molecule has 0 spiro atoms. The Morgan fingerprint density at radius 3 is 2.52 bits per heavy atom. The molecule has 5 nitrogen and oxygen atoms in total. The van der Waals surface area contributed by atoms with Crippen LogP contribution in [0, 0.1) is 12.9 Å². The highest BCUT2D eigenvalue weighted by atomic mass is 19.1. The minimum atomic E-state index is -0.580. The van der Waals surface area contributed by atoms with Gasteiger partial charge >= 0.3 is 0 Å². The number of amides is 1. The Morgan fingerprint density at radius 2 is 1.93 bits per heavy atom. The van der Waals surface area contributed by atoms with E-state index in [1.165, 1.54) is 24.5 Å². The third-order valence-corrected chi connectivity index (χ3v) is 4.22. The number of carbonyl (C=O) groups excluding carboxylic acids is 1. The van der Waals surface area contributed by atoms with Crippen LogP contribution in [0.1, 0.15) is 37.8 Å². The maximum absolute atomic E-state index is 13.0. The number of anilines is 1. The Balaban J connectivity index is 0.00000126. The third-order valence-electron chi connectivity index (χ3n) is 4.22. The average Bonchev–Trinajstić information content (AvgIpc) is 3.46. The number of amidine groups is 1. The van der Waals surface area contributed by atoms with Crippen molar-refractivity contribution in [3.63, 3.8) is 0 Å². The fourth-order valence-corrected chi connectivity index (χ4v) is 2.60. The molecular formula is C21H25FN4O. The van der Waals surface area contributed by atoms with Gasteiger partial charge in [0, 0.05) is 24.2 Å². The van der Waals surface area contributed by atoms with E-state index in [1.807, 2.05) is 45.0 Å². The quantitative estimate of drug-likeness (QED) is 0.473. The van der Waals surface area contributed by atoms with Crippen LogP contribution >= 0.6 is 0 Å². The van der Waals surface area contributed by atoms with Crippen molar-refractivity contribution in [2.24, 2.45) is 10.7 Å². The molecule has 0 unspecified atom stereocenters. The zero-order valence-corrected chi connectivity index (χ0v) is 15.9. The first-order valence-electron chi connectivity index (χ1n) is 9.00. The molecule has 2 aromatic rings. The number of pyridine rings is 1. The van der Waals surface area contributed by atoms with Gasteiger partial charge in [-0.1, -0.05) is 43.7 Å². The smallest absolute Gasteiger partial charge is 0.258 e. The monoisotopic (exact) mass is 368 g/mol. The summed E-state index contributed by atoms with van der Waals surface area (Å²) in [5.74, 6) is -0.706. The van der Waals surface area contributed by atoms with E-state index in [2.05, 4.69) is 15.3 Å². The van der Waals surface area contributed by atoms with Crippen molar-refractivity contribution in [2.45, 2.75) is 39.0 Å². The van der Waals surface area contributed by atoms with Crippen molar-refractivity contribution in [2.75, 3.05) is 5.32 Å². The highest BCUT2D eigenvalue weighted by Gasteiger charge is 2.51. The van der Waals surface area contributed by atoms with Crippen LogP contribution in [0.15, 0.2) is 59.9 Å². The number of hydrogen-bond donors (Lipinski definition) is 2. The molecule has 142 valence electrons. The van der Waals surface area contributed by atoms with E-state index in [1.54, 1.807) is 6.07 Å². The zero-order valence-electron chi connectivity index (χ0n) is 15.9. The van der Waals surface area contributed by atoms with E-state index >= 15 is 0 Å². The molecule has 6 heteroatoms. The summed E-state index contributed by atoms with van der Waals surface area (Å²) in [5.41, 5.74) is 7.94. The zero-order chi connectivity index (χ0) is 19.9. The minimum absolute atomic E-state index is 0.102. The van der Waals surface area contributed by atoms with Crippen LogP contribution < -0.4 is 11.1 Å². The first kappa shape index (κ1) is 20.3. The molecule has 0 bridgehead atoms. The molecule has 0 radical (unpaired) electrons. The summed E-state index contributed by atoms with van der Waals surface area (Å²) in [7, 11) is 0. The third kappa shape index (κ3) is 5.23. The molecule has 1 aliphatic carbocycles. The Morgan fingerprint density at radius 1 is 1.26 bits per heavy atom. The second-order valence-corrected chi connectivity index (χ2v) is 6.13. The van der Waals surface area contributed by atoms with Crippen LogP contribution in [0.4, 0.5) is 10.1 Å². The van der Waals surface area contributed by atoms with Gasteiger partial charge in [0.15, 0.2) is 0 Å². The molecule has 3 N–H and O–H groups in total. The second kappa shape index (κ2) is 9.07. The van der Waals surface area contributed by atoms with E-state index in [0.717, 1.165) is 24.0 Å². The number of halogens is 1. The van der Waals surface area contributed by atoms with Crippen molar-refractivity contribution in [3.8, 4) is 0 Å². The largest absolute Gasteiger partial charge is 0.384 e. The standard InChI is InChI=1S/C19H19FN4O.C2H6/c1-13-2-4-14(5-3-13)19(8-9-19)18(25)24-17(21)7-11-22-15-6-10-23-16(20)12-15;1-2/h2-7,10-12H,8-9H2,1H3,(H,22,23)(H2,21,24,25);1-2H3/b11-7-;. The Kier molecular flexibility index (Phi) is 6.82. The fraction of sp³-hybridized carbons (Fsp3) is 0.286. The molecule has 1 saturated carbocycles. The van der Waals surface area contributed by atoms with E-state index in [9.17, 15) is 9.18 Å². The number of nitrogens with zero attached hydrogens (tertiary/aromatic N) is 2. The Hall–Kier alpha value is -3.02. The summed E-state index contributed by atoms with van der Waals surface area (Å²) in [4.78, 5) is 20.0. The van der Waals surface area contributed by atoms with Gasteiger partial charge in [0.25, 0.3) is 5.91 Å². The molecule has 1 fully saturated rings. The Bertz CT molecular complexity index is 840. The normalized spacial score (nSPS) is 15.0. The predicted octanol–water partition coefficient (Wildman–Crippen LogP) is 4.10. The molecule has 0 aliphatic heterocycles. The van der Waals surface area contributed by atoms with Gasteiger partial charge in [-0.25, -0.2) is 4.98 Å². The summed E-state index contributed by atoms with van der Waals surface area (Å²) in [6.45, 7) is 6.01. The highest BCUT2D eigenvalue weighted by Crippen LogP contribution is 2.49. The maximum Gasteiger partial charge on any atom is 0.258 e. The van der Waals surface area contributed by atoms with Crippen LogP contribution in [-0.4, -0.2) is 16.7 Å². The molecule has 1 aromatic carbocycles. The van der Waals surface area contributed by atoms with Crippen molar-refractivity contribution in [3.05, 3.63) is 71.9 Å². The summed E-state index contributed by atoms with van der Waals surface area (Å²) in [6, 6.07) is 10.8. The lowest BCUT2D eigenvalue weighted by Gasteiger charge is -2.11. The number of nitrogens with one attached hydrogen (secondary N) is 1. The Labute approximate surface area is 159 Å². The summed E-state index contributed by atoms with van der Waals surface area (Å²) < 4.78 is 13.0. The van der Waals surface area contributed by atoms with Crippen molar-refractivity contribution < 1.29 is 9.18 Å². The molecule has 1 amide bonds. The number of carbonyl (C=O) groups is 1. The van der Waals surface area contributed by atoms with Gasteiger partial charge in [-0.05, 0) is 37.5 Å². The van der Waals surface area contributed by atoms with Gasteiger partial charge in [0.05, 0.1) is 5.41 Å². The number of hydrogen-bond acceptors (Lipinski definition) is 3. The lowest BCUT2D eigenvalue weighted by Crippen LogP contribution is -2.22. The molecule has 3 rings (SSSR count). The first-order chi connectivity index (χ1) is 13.0. The molecule has 1 heterocycles. The number of rotatable bonds is 5. The van der Waals surface area contributed by atoms with Crippen molar-refractivity contribution in [1.29, 1.82) is 0 Å². The van der Waals surface area contributed by atoms with E-state index in [4.69, 9.17) is 5.73 Å². The lowest BCUT2D eigenvalue weighted by atomic mass is 9.94. The van der Waals surface area contributed by atoms with Gasteiger partial charge < -0.3 is 11.1 Å².